The lowest BCUT2D eigenvalue weighted by Crippen LogP contribution is -2.78. The van der Waals surface area contributed by atoms with Gasteiger partial charge in [0.05, 0.1) is 12.1 Å². The van der Waals surface area contributed by atoms with Crippen molar-refractivity contribution in [2.75, 3.05) is 27.2 Å². The lowest BCUT2D eigenvalue weighted by molar-refractivity contribution is -0.0694. The number of rotatable bonds is 10. The van der Waals surface area contributed by atoms with Crippen molar-refractivity contribution in [3.63, 3.8) is 0 Å². The van der Waals surface area contributed by atoms with Crippen LogP contribution >= 0.6 is 0 Å². The molecule has 0 bridgehead atoms. The molecule has 12 heteroatoms. The summed E-state index contributed by atoms with van der Waals surface area (Å²) < 4.78 is 57.7. The van der Waals surface area contributed by atoms with Crippen LogP contribution in [0.2, 0.25) is 0 Å². The minimum absolute atomic E-state index is 0.0686. The Morgan fingerprint density at radius 2 is 1.07 bits per heavy atom. The largest absolute Gasteiger partial charge is 0.279 e. The molecule has 0 spiro atoms. The lowest BCUT2D eigenvalue weighted by Gasteiger charge is -2.64. The zero-order valence-electron chi connectivity index (χ0n) is 17.2. The van der Waals surface area contributed by atoms with Gasteiger partial charge in [0.2, 0.25) is 0 Å². The summed E-state index contributed by atoms with van der Waals surface area (Å²) in [5.74, 6) is 0. The van der Waals surface area contributed by atoms with Crippen molar-refractivity contribution in [3.8, 4) is 12.1 Å². The number of nitrogens with zero attached hydrogens (tertiary/aromatic N) is 4. The molecule has 0 unspecified atom stereocenters. The minimum atomic E-state index is -3.82. The molecule has 1 aliphatic carbocycles. The van der Waals surface area contributed by atoms with E-state index in [4.69, 9.17) is 10.5 Å². The highest BCUT2D eigenvalue weighted by Gasteiger charge is 2.64. The van der Waals surface area contributed by atoms with Gasteiger partial charge in [-0.05, 0) is 10.8 Å². The van der Waals surface area contributed by atoms with E-state index in [9.17, 15) is 16.8 Å². The van der Waals surface area contributed by atoms with Crippen LogP contribution in [0, 0.1) is 33.5 Å². The maximum Gasteiger partial charge on any atom is 0.279 e. The minimum Gasteiger partial charge on any atom is -0.198 e. The van der Waals surface area contributed by atoms with E-state index in [0.29, 0.717) is 0 Å². The molecule has 1 fully saturated rings. The predicted molar refractivity (Wildman–Crippen MR) is 105 cm³/mol. The van der Waals surface area contributed by atoms with Crippen LogP contribution in [0.4, 0.5) is 0 Å². The quantitative estimate of drug-likeness (QED) is 0.500. The van der Waals surface area contributed by atoms with Crippen molar-refractivity contribution in [1.82, 2.24) is 18.1 Å². The van der Waals surface area contributed by atoms with Gasteiger partial charge in [-0.3, -0.25) is 0 Å². The Balaban J connectivity index is 2.98. The molecule has 1 aliphatic rings. The summed E-state index contributed by atoms with van der Waals surface area (Å²) in [4.78, 5) is 0. The van der Waals surface area contributed by atoms with Gasteiger partial charge in [0.15, 0.2) is 0 Å². The number of nitriles is 2. The van der Waals surface area contributed by atoms with Gasteiger partial charge in [0, 0.05) is 52.1 Å². The lowest BCUT2D eigenvalue weighted by atomic mass is 9.49. The molecule has 0 aromatic rings. The fourth-order valence-electron chi connectivity index (χ4n) is 3.90. The van der Waals surface area contributed by atoms with Crippen LogP contribution in [-0.2, 0) is 20.4 Å². The molecule has 0 amide bonds. The Labute approximate surface area is 168 Å². The molecule has 160 valence electrons. The van der Waals surface area contributed by atoms with Crippen molar-refractivity contribution in [3.05, 3.63) is 0 Å². The molecule has 28 heavy (non-hydrogen) atoms. The predicted octanol–water partition coefficient (Wildman–Crippen LogP) is 0.149. The first-order valence-corrected chi connectivity index (χ1v) is 11.7. The first kappa shape index (κ1) is 24.8. The van der Waals surface area contributed by atoms with Gasteiger partial charge in [-0.1, -0.05) is 27.7 Å². The maximum atomic E-state index is 12.6. The second kappa shape index (κ2) is 8.61. The van der Waals surface area contributed by atoms with Crippen LogP contribution < -0.4 is 9.44 Å². The third kappa shape index (κ3) is 5.00. The first-order chi connectivity index (χ1) is 12.6. The molecule has 1 rings (SSSR count). The molecular formula is C16H30N6O4S2. The van der Waals surface area contributed by atoms with Gasteiger partial charge >= 0.3 is 0 Å². The molecule has 0 atom stereocenters. The van der Waals surface area contributed by atoms with Gasteiger partial charge in [-0.25, -0.2) is 0 Å². The van der Waals surface area contributed by atoms with Crippen LogP contribution in [0.25, 0.3) is 0 Å². The summed E-state index contributed by atoms with van der Waals surface area (Å²) >= 11 is 0. The summed E-state index contributed by atoms with van der Waals surface area (Å²) in [5, 5.41) is 17.3. The van der Waals surface area contributed by atoms with E-state index in [1.54, 1.807) is 27.7 Å². The number of hydrogen-bond acceptors (Lipinski definition) is 6. The third-order valence-corrected chi connectivity index (χ3v) is 8.48. The molecule has 0 aromatic carbocycles. The SMILES string of the molecule is CN(CCC#N)S(=O)(=O)NC1C(C)(C)C(NS(=O)(=O)N(C)CCC#N)C1(C)C. The van der Waals surface area contributed by atoms with Crippen molar-refractivity contribution in [2.45, 2.75) is 52.6 Å². The van der Waals surface area contributed by atoms with Crippen molar-refractivity contribution in [1.29, 1.82) is 10.5 Å². The number of hydrogen-bond donors (Lipinski definition) is 2. The van der Waals surface area contributed by atoms with E-state index < -0.39 is 43.3 Å². The maximum absolute atomic E-state index is 12.6. The Hall–Kier alpha value is -1.28. The highest BCUT2D eigenvalue weighted by atomic mass is 32.2. The summed E-state index contributed by atoms with van der Waals surface area (Å²) in [5.41, 5.74) is -1.40. The Kier molecular flexibility index (Phi) is 7.61. The second-order valence-electron chi connectivity index (χ2n) is 8.21. The molecule has 0 radical (unpaired) electrons. The molecule has 0 aromatic heterocycles. The Morgan fingerprint density at radius 1 is 0.786 bits per heavy atom. The molecule has 0 saturated heterocycles. The molecular weight excluding hydrogens is 404 g/mol. The molecule has 1 saturated carbocycles. The van der Waals surface area contributed by atoms with Crippen molar-refractivity contribution < 1.29 is 16.8 Å². The fraction of sp³-hybridized carbons (Fsp3) is 0.875. The Morgan fingerprint density at radius 3 is 1.32 bits per heavy atom. The summed E-state index contributed by atoms with van der Waals surface area (Å²) in [7, 11) is -4.86. The van der Waals surface area contributed by atoms with Crippen LogP contribution in [0.15, 0.2) is 0 Å². The molecule has 2 N–H and O–H groups in total. The fourth-order valence-corrected chi connectivity index (χ4v) is 6.73. The van der Waals surface area contributed by atoms with Crippen LogP contribution in [0.3, 0.4) is 0 Å². The van der Waals surface area contributed by atoms with E-state index >= 15 is 0 Å². The van der Waals surface area contributed by atoms with Crippen molar-refractivity contribution >= 4 is 20.4 Å². The van der Waals surface area contributed by atoms with Gasteiger partial charge in [0.1, 0.15) is 0 Å². The van der Waals surface area contributed by atoms with Gasteiger partial charge in [0.25, 0.3) is 20.4 Å². The van der Waals surface area contributed by atoms with E-state index in [-0.39, 0.29) is 25.9 Å². The summed E-state index contributed by atoms with van der Waals surface area (Å²) in [6.07, 6.45) is 0.151. The summed E-state index contributed by atoms with van der Waals surface area (Å²) in [6, 6.07) is 2.77. The average molecular weight is 435 g/mol. The van der Waals surface area contributed by atoms with Crippen LogP contribution in [-0.4, -0.2) is 64.7 Å². The zero-order chi connectivity index (χ0) is 22.0. The van der Waals surface area contributed by atoms with Gasteiger partial charge in [-0.15, -0.1) is 0 Å². The van der Waals surface area contributed by atoms with E-state index in [1.165, 1.54) is 14.1 Å². The standard InChI is InChI=1S/C16H30N6O4S2/c1-15(2)13(19-27(23,24)21(5)11-7-9-17)16(3,4)14(15)20-28(25,26)22(6)12-8-10-18/h13-14,19-20H,7-8,11-12H2,1-6H3. The van der Waals surface area contributed by atoms with E-state index in [2.05, 4.69) is 9.44 Å². The number of nitrogens with one attached hydrogen (secondary N) is 2. The van der Waals surface area contributed by atoms with Gasteiger partial charge < -0.3 is 0 Å². The van der Waals surface area contributed by atoms with Crippen LogP contribution in [0.5, 0.6) is 0 Å². The average Bonchev–Trinajstić information content (AvgIpc) is 2.59. The Bertz CT molecular complexity index is 771. The third-order valence-electron chi connectivity index (χ3n) is 5.41. The van der Waals surface area contributed by atoms with Crippen LogP contribution in [0.1, 0.15) is 40.5 Å². The van der Waals surface area contributed by atoms with E-state index in [1.807, 2.05) is 12.1 Å². The highest BCUT2D eigenvalue weighted by molar-refractivity contribution is 7.87. The molecule has 10 nitrogen and oxygen atoms in total. The van der Waals surface area contributed by atoms with Gasteiger partial charge in [-0.2, -0.15) is 45.4 Å². The molecule has 0 aliphatic heterocycles. The monoisotopic (exact) mass is 434 g/mol. The zero-order valence-corrected chi connectivity index (χ0v) is 18.9. The highest BCUT2D eigenvalue weighted by Crippen LogP contribution is 2.54. The molecule has 0 heterocycles. The second-order valence-corrected chi connectivity index (χ2v) is 11.8. The topological polar surface area (TPSA) is 146 Å². The van der Waals surface area contributed by atoms with Crippen molar-refractivity contribution in [2.24, 2.45) is 10.8 Å². The first-order valence-electron chi connectivity index (χ1n) is 8.85. The summed E-state index contributed by atoms with van der Waals surface area (Å²) in [6.45, 7) is 7.32. The van der Waals surface area contributed by atoms with E-state index in [0.717, 1.165) is 8.61 Å². The smallest absolute Gasteiger partial charge is 0.198 e. The normalized spacial score (nSPS) is 23.8.